The molecule has 0 saturated heterocycles. The van der Waals surface area contributed by atoms with Gasteiger partial charge in [0.05, 0.1) is 23.6 Å². The molecule has 0 atom stereocenters. The van der Waals surface area contributed by atoms with Crippen LogP contribution in [0.3, 0.4) is 0 Å². The van der Waals surface area contributed by atoms with Crippen molar-refractivity contribution in [2.75, 3.05) is 0 Å². The standard InChI is InChI=1S/C21H16N4O4/c1-13-14(9-11-29-13)19(26)24-23-12-17-15-6-2-3-7-16(15)20(27)25(21(17)28)18-8-4-5-10-22-18/h2-12,28H,1H3,(H,24,26)/b23-12+. The van der Waals surface area contributed by atoms with Gasteiger partial charge in [-0.1, -0.05) is 24.3 Å². The molecule has 2 N–H and O–H groups in total. The third-order valence-electron chi connectivity index (χ3n) is 4.45. The molecule has 0 unspecified atom stereocenters. The first kappa shape index (κ1) is 18.2. The van der Waals surface area contributed by atoms with Gasteiger partial charge in [0.25, 0.3) is 11.5 Å². The van der Waals surface area contributed by atoms with E-state index in [1.165, 1.54) is 24.7 Å². The van der Waals surface area contributed by atoms with Crippen molar-refractivity contribution in [1.82, 2.24) is 15.0 Å². The van der Waals surface area contributed by atoms with Crippen LogP contribution in [0.25, 0.3) is 16.6 Å². The largest absolute Gasteiger partial charge is 0.494 e. The van der Waals surface area contributed by atoms with Crippen LogP contribution in [0.1, 0.15) is 21.7 Å². The van der Waals surface area contributed by atoms with Gasteiger partial charge in [0, 0.05) is 17.0 Å². The van der Waals surface area contributed by atoms with Crippen molar-refractivity contribution in [1.29, 1.82) is 0 Å². The second kappa shape index (κ2) is 7.43. The molecule has 0 bridgehead atoms. The predicted octanol–water partition coefficient (Wildman–Crippen LogP) is 2.76. The van der Waals surface area contributed by atoms with Crippen LogP contribution in [-0.2, 0) is 0 Å². The zero-order valence-electron chi connectivity index (χ0n) is 15.4. The lowest BCUT2D eigenvalue weighted by Crippen LogP contribution is -2.21. The molecule has 3 heterocycles. The lowest BCUT2D eigenvalue weighted by atomic mass is 10.1. The van der Waals surface area contributed by atoms with Gasteiger partial charge >= 0.3 is 0 Å². The highest BCUT2D eigenvalue weighted by atomic mass is 16.3. The van der Waals surface area contributed by atoms with E-state index in [-0.39, 0.29) is 17.3 Å². The zero-order chi connectivity index (χ0) is 20.4. The molecule has 0 aliphatic heterocycles. The number of rotatable bonds is 4. The van der Waals surface area contributed by atoms with Gasteiger partial charge in [-0.15, -0.1) is 0 Å². The SMILES string of the molecule is Cc1occc1C(=O)N/N=C/c1c(O)n(-c2ccccn2)c(=O)c2ccccc12. The topological polar surface area (TPSA) is 110 Å². The summed E-state index contributed by atoms with van der Waals surface area (Å²) in [5, 5.41) is 15.7. The fraction of sp³-hybridized carbons (Fsp3) is 0.0476. The normalized spacial score (nSPS) is 11.2. The lowest BCUT2D eigenvalue weighted by Gasteiger charge is -2.12. The number of furan rings is 1. The average molecular weight is 388 g/mol. The van der Waals surface area contributed by atoms with Gasteiger partial charge in [-0.2, -0.15) is 5.10 Å². The van der Waals surface area contributed by atoms with Crippen LogP contribution < -0.4 is 11.0 Å². The molecule has 4 rings (SSSR count). The van der Waals surface area contributed by atoms with Gasteiger partial charge in [0.2, 0.25) is 5.88 Å². The molecule has 0 aliphatic rings. The third kappa shape index (κ3) is 3.27. The Hall–Kier alpha value is -4.20. The quantitative estimate of drug-likeness (QED) is 0.413. The van der Waals surface area contributed by atoms with Gasteiger partial charge in [0.15, 0.2) is 0 Å². The molecule has 3 aromatic heterocycles. The molecule has 1 amide bonds. The average Bonchev–Trinajstić information content (AvgIpc) is 3.17. The number of aryl methyl sites for hydroxylation is 1. The molecule has 0 radical (unpaired) electrons. The number of carbonyl (C=O) groups is 1. The summed E-state index contributed by atoms with van der Waals surface area (Å²) in [7, 11) is 0. The number of pyridine rings is 2. The first-order valence-electron chi connectivity index (χ1n) is 8.73. The number of nitrogens with zero attached hydrogens (tertiary/aromatic N) is 3. The van der Waals surface area contributed by atoms with Crippen LogP contribution in [0.5, 0.6) is 5.88 Å². The maximum atomic E-state index is 12.9. The van der Waals surface area contributed by atoms with Crippen LogP contribution in [0.15, 0.2) is 75.3 Å². The maximum Gasteiger partial charge on any atom is 0.274 e. The number of fused-ring (bicyclic) bond motifs is 1. The van der Waals surface area contributed by atoms with E-state index in [9.17, 15) is 14.7 Å². The Kier molecular flexibility index (Phi) is 4.66. The Morgan fingerprint density at radius 2 is 1.93 bits per heavy atom. The van der Waals surface area contributed by atoms with Crippen molar-refractivity contribution in [2.45, 2.75) is 6.92 Å². The fourth-order valence-electron chi connectivity index (χ4n) is 3.02. The summed E-state index contributed by atoms with van der Waals surface area (Å²) in [6.45, 7) is 1.67. The van der Waals surface area contributed by atoms with Gasteiger partial charge in [-0.05, 0) is 31.2 Å². The van der Waals surface area contributed by atoms with Gasteiger partial charge < -0.3 is 9.52 Å². The summed E-state index contributed by atoms with van der Waals surface area (Å²) in [5.41, 5.74) is 2.62. The van der Waals surface area contributed by atoms with E-state index in [1.807, 2.05) is 0 Å². The Morgan fingerprint density at radius 3 is 2.62 bits per heavy atom. The van der Waals surface area contributed by atoms with E-state index >= 15 is 0 Å². The summed E-state index contributed by atoms with van der Waals surface area (Å²) in [6, 6.07) is 13.4. The number of hydrogen-bond acceptors (Lipinski definition) is 6. The second-order valence-corrected chi connectivity index (χ2v) is 6.20. The minimum absolute atomic E-state index is 0.272. The number of hydrogen-bond donors (Lipinski definition) is 2. The molecular weight excluding hydrogens is 372 g/mol. The highest BCUT2D eigenvalue weighted by Crippen LogP contribution is 2.25. The third-order valence-corrected chi connectivity index (χ3v) is 4.45. The molecule has 0 aliphatic carbocycles. The van der Waals surface area contributed by atoms with Crippen molar-refractivity contribution in [3.63, 3.8) is 0 Å². The van der Waals surface area contributed by atoms with Crippen LogP contribution in [0.2, 0.25) is 0 Å². The summed E-state index contributed by atoms with van der Waals surface area (Å²) < 4.78 is 6.21. The van der Waals surface area contributed by atoms with E-state index < -0.39 is 11.5 Å². The highest BCUT2D eigenvalue weighted by molar-refractivity contribution is 6.02. The fourth-order valence-corrected chi connectivity index (χ4v) is 3.02. The summed E-state index contributed by atoms with van der Waals surface area (Å²) in [5.74, 6) is -0.0395. The van der Waals surface area contributed by atoms with Crippen molar-refractivity contribution in [3.8, 4) is 11.7 Å². The number of carbonyl (C=O) groups excluding carboxylic acids is 1. The number of nitrogens with one attached hydrogen (secondary N) is 1. The number of benzene rings is 1. The Balaban J connectivity index is 1.80. The number of amides is 1. The van der Waals surface area contributed by atoms with Crippen LogP contribution in [0.4, 0.5) is 0 Å². The first-order valence-corrected chi connectivity index (χ1v) is 8.73. The van der Waals surface area contributed by atoms with Crippen molar-refractivity contribution >= 4 is 22.9 Å². The highest BCUT2D eigenvalue weighted by Gasteiger charge is 2.17. The van der Waals surface area contributed by atoms with Crippen LogP contribution >= 0.6 is 0 Å². The smallest absolute Gasteiger partial charge is 0.274 e. The molecule has 144 valence electrons. The van der Waals surface area contributed by atoms with E-state index in [4.69, 9.17) is 4.42 Å². The minimum atomic E-state index is -0.450. The molecule has 0 fully saturated rings. The van der Waals surface area contributed by atoms with Gasteiger partial charge in [0.1, 0.15) is 11.6 Å². The first-order chi connectivity index (χ1) is 14.1. The molecule has 0 spiro atoms. The van der Waals surface area contributed by atoms with Crippen molar-refractivity contribution in [3.05, 3.63) is 88.2 Å². The van der Waals surface area contributed by atoms with Crippen molar-refractivity contribution in [2.24, 2.45) is 5.10 Å². The Bertz CT molecular complexity index is 1290. The van der Waals surface area contributed by atoms with Crippen molar-refractivity contribution < 1.29 is 14.3 Å². The molecular formula is C21H16N4O4. The van der Waals surface area contributed by atoms with Crippen LogP contribution in [-0.4, -0.2) is 26.8 Å². The molecule has 29 heavy (non-hydrogen) atoms. The summed E-state index contributed by atoms with van der Waals surface area (Å²) in [4.78, 5) is 29.3. The van der Waals surface area contributed by atoms with E-state index in [2.05, 4.69) is 15.5 Å². The maximum absolute atomic E-state index is 12.9. The van der Waals surface area contributed by atoms with E-state index in [1.54, 1.807) is 49.4 Å². The summed E-state index contributed by atoms with van der Waals surface area (Å²) in [6.07, 6.45) is 4.23. The monoisotopic (exact) mass is 388 g/mol. The molecule has 8 heteroatoms. The number of aromatic nitrogens is 2. The van der Waals surface area contributed by atoms with Gasteiger partial charge in [-0.25, -0.2) is 15.0 Å². The second-order valence-electron chi connectivity index (χ2n) is 6.20. The molecule has 1 aromatic carbocycles. The van der Waals surface area contributed by atoms with E-state index in [0.717, 1.165) is 4.57 Å². The summed E-state index contributed by atoms with van der Waals surface area (Å²) >= 11 is 0. The van der Waals surface area contributed by atoms with E-state index in [0.29, 0.717) is 22.1 Å². The molecule has 4 aromatic rings. The van der Waals surface area contributed by atoms with Gasteiger partial charge in [-0.3, -0.25) is 9.59 Å². The number of aromatic hydroxyl groups is 1. The molecule has 8 nitrogen and oxygen atoms in total. The molecule has 0 saturated carbocycles. The Labute approximate surface area is 164 Å². The number of hydrazone groups is 1. The predicted molar refractivity (Wildman–Crippen MR) is 108 cm³/mol. The zero-order valence-corrected chi connectivity index (χ0v) is 15.4. The Morgan fingerprint density at radius 1 is 1.17 bits per heavy atom. The minimum Gasteiger partial charge on any atom is -0.494 e. The van der Waals surface area contributed by atoms with Crippen LogP contribution in [0, 0.1) is 6.92 Å². The lowest BCUT2D eigenvalue weighted by molar-refractivity contribution is 0.0953.